The molecular formula is C21H32N2O4S2. The summed E-state index contributed by atoms with van der Waals surface area (Å²) >= 11 is 0. The largest absolute Gasteiger partial charge is 0.283 e. The second-order valence-electron chi connectivity index (χ2n) is 5.99. The summed E-state index contributed by atoms with van der Waals surface area (Å²) < 4.78 is 49.0. The average Bonchev–Trinajstić information content (AvgIpc) is 2.74. The fourth-order valence-corrected chi connectivity index (χ4v) is 5.21. The van der Waals surface area contributed by atoms with Gasteiger partial charge in [0.25, 0.3) is 0 Å². The fraction of sp³-hybridized carbons (Fsp3) is 0.429. The molecule has 162 valence electrons. The third-order valence-electron chi connectivity index (χ3n) is 4.30. The molecule has 0 saturated carbocycles. The first-order valence-electron chi connectivity index (χ1n) is 9.91. The van der Waals surface area contributed by atoms with Crippen molar-refractivity contribution in [1.82, 2.24) is 0 Å². The maximum Gasteiger partial charge on any atom is 0.235 e. The van der Waals surface area contributed by atoms with Crippen LogP contribution in [0.1, 0.15) is 38.8 Å². The minimum atomic E-state index is -3.05. The van der Waals surface area contributed by atoms with E-state index in [-0.39, 0.29) is 11.5 Å². The van der Waals surface area contributed by atoms with Crippen LogP contribution >= 0.6 is 0 Å². The predicted octanol–water partition coefficient (Wildman–Crippen LogP) is 4.05. The lowest BCUT2D eigenvalue weighted by Crippen LogP contribution is -2.34. The molecular weight excluding hydrogens is 408 g/mol. The summed E-state index contributed by atoms with van der Waals surface area (Å²) in [6.45, 7) is 8.00. The first-order chi connectivity index (χ1) is 13.8. The Hall–Kier alpha value is -2.06. The Bertz CT molecular complexity index is 987. The third kappa shape index (κ3) is 6.75. The molecule has 29 heavy (non-hydrogen) atoms. The number of rotatable bonds is 0. The molecule has 2 aromatic rings. The van der Waals surface area contributed by atoms with E-state index in [1.165, 1.54) is 4.31 Å². The van der Waals surface area contributed by atoms with Crippen LogP contribution in [0.15, 0.2) is 48.5 Å². The lowest BCUT2D eigenvalue weighted by molar-refractivity contribution is 0.591. The summed E-state index contributed by atoms with van der Waals surface area (Å²) in [6, 6.07) is 15.1. The molecule has 0 spiro atoms. The minimum Gasteiger partial charge on any atom is -0.283 e. The van der Waals surface area contributed by atoms with Crippen molar-refractivity contribution in [2.24, 2.45) is 0 Å². The Morgan fingerprint density at radius 3 is 1.93 bits per heavy atom. The molecule has 0 aromatic heterocycles. The van der Waals surface area contributed by atoms with Gasteiger partial charge in [-0.25, -0.2) is 16.8 Å². The summed E-state index contributed by atoms with van der Waals surface area (Å²) in [6.07, 6.45) is 1.24. The summed E-state index contributed by atoms with van der Waals surface area (Å²) in [7, 11) is -4.48. The molecule has 0 bridgehead atoms. The van der Waals surface area contributed by atoms with E-state index >= 15 is 0 Å². The number of hydrogen-bond acceptors (Lipinski definition) is 4. The smallest absolute Gasteiger partial charge is 0.235 e. The van der Waals surface area contributed by atoms with Crippen LogP contribution in [0.4, 0.5) is 11.4 Å². The number of benzene rings is 2. The molecule has 0 unspecified atom stereocenters. The first kappa shape index (κ1) is 25.0. The Morgan fingerprint density at radius 1 is 0.759 bits per heavy atom. The van der Waals surface area contributed by atoms with Crippen molar-refractivity contribution in [3.63, 3.8) is 0 Å². The zero-order valence-corrected chi connectivity index (χ0v) is 19.5. The molecule has 0 fully saturated rings. The molecule has 0 aliphatic carbocycles. The SMILES string of the molecule is CC.CC.CN1c2ccccc2CCS1(=O)=O.O=S1(=O)CCc2ccccc2N1. The maximum atomic E-state index is 11.5. The van der Waals surface area contributed by atoms with Gasteiger partial charge in [0.15, 0.2) is 0 Å². The topological polar surface area (TPSA) is 83.6 Å². The van der Waals surface area contributed by atoms with Crippen LogP contribution in [0.2, 0.25) is 0 Å². The van der Waals surface area contributed by atoms with Crippen molar-refractivity contribution in [3.05, 3.63) is 59.7 Å². The minimum absolute atomic E-state index is 0.198. The number of sulfonamides is 2. The van der Waals surface area contributed by atoms with E-state index in [0.717, 1.165) is 22.5 Å². The number of nitrogens with zero attached hydrogens (tertiary/aromatic N) is 1. The van der Waals surface area contributed by atoms with Crippen LogP contribution < -0.4 is 9.03 Å². The van der Waals surface area contributed by atoms with Crippen molar-refractivity contribution in [3.8, 4) is 0 Å². The highest BCUT2D eigenvalue weighted by atomic mass is 32.2. The van der Waals surface area contributed by atoms with Crippen molar-refractivity contribution in [2.75, 3.05) is 27.6 Å². The van der Waals surface area contributed by atoms with Crippen molar-refractivity contribution in [2.45, 2.75) is 40.5 Å². The Labute approximate surface area is 176 Å². The van der Waals surface area contributed by atoms with Crippen molar-refractivity contribution >= 4 is 31.4 Å². The van der Waals surface area contributed by atoms with E-state index < -0.39 is 20.0 Å². The zero-order chi connectivity index (χ0) is 22.1. The number of anilines is 2. The van der Waals surface area contributed by atoms with Crippen LogP contribution in [0.5, 0.6) is 0 Å². The number of nitrogens with one attached hydrogen (secondary N) is 1. The predicted molar refractivity (Wildman–Crippen MR) is 123 cm³/mol. The lowest BCUT2D eigenvalue weighted by Gasteiger charge is -2.26. The van der Waals surface area contributed by atoms with Gasteiger partial charge in [0, 0.05) is 7.05 Å². The van der Waals surface area contributed by atoms with Crippen LogP contribution in [0.25, 0.3) is 0 Å². The van der Waals surface area contributed by atoms with E-state index in [2.05, 4.69) is 4.72 Å². The van der Waals surface area contributed by atoms with Gasteiger partial charge in [0.2, 0.25) is 20.0 Å². The summed E-state index contributed by atoms with van der Waals surface area (Å²) in [5, 5.41) is 0. The second kappa shape index (κ2) is 11.2. The highest BCUT2D eigenvalue weighted by Gasteiger charge is 2.25. The van der Waals surface area contributed by atoms with Gasteiger partial charge in [-0.15, -0.1) is 0 Å². The normalized spacial score (nSPS) is 17.2. The lowest BCUT2D eigenvalue weighted by atomic mass is 10.1. The highest BCUT2D eigenvalue weighted by molar-refractivity contribution is 7.93. The molecule has 6 nitrogen and oxygen atoms in total. The maximum absolute atomic E-state index is 11.5. The monoisotopic (exact) mass is 440 g/mol. The number of para-hydroxylation sites is 2. The van der Waals surface area contributed by atoms with Gasteiger partial charge in [-0.2, -0.15) is 0 Å². The fourth-order valence-electron chi connectivity index (χ4n) is 2.86. The molecule has 8 heteroatoms. The highest BCUT2D eigenvalue weighted by Crippen LogP contribution is 2.27. The molecule has 2 heterocycles. The van der Waals surface area contributed by atoms with Crippen LogP contribution in [0.3, 0.4) is 0 Å². The quantitative estimate of drug-likeness (QED) is 0.670. The Kier molecular flexibility index (Phi) is 9.65. The van der Waals surface area contributed by atoms with Crippen LogP contribution in [-0.2, 0) is 32.9 Å². The van der Waals surface area contributed by atoms with Crippen molar-refractivity contribution < 1.29 is 16.8 Å². The zero-order valence-electron chi connectivity index (χ0n) is 17.8. The van der Waals surface area contributed by atoms with Gasteiger partial charge in [0.1, 0.15) is 0 Å². The molecule has 2 aromatic carbocycles. The number of aryl methyl sites for hydroxylation is 2. The van der Waals surface area contributed by atoms with Gasteiger partial charge in [-0.3, -0.25) is 9.03 Å². The van der Waals surface area contributed by atoms with Gasteiger partial charge in [-0.1, -0.05) is 64.1 Å². The Morgan fingerprint density at radius 2 is 1.28 bits per heavy atom. The van der Waals surface area contributed by atoms with E-state index in [1.807, 2.05) is 70.2 Å². The number of fused-ring (bicyclic) bond motifs is 2. The molecule has 0 saturated heterocycles. The first-order valence-corrected chi connectivity index (χ1v) is 13.2. The average molecular weight is 441 g/mol. The molecule has 0 atom stereocenters. The molecule has 4 rings (SSSR count). The van der Waals surface area contributed by atoms with E-state index in [0.29, 0.717) is 12.8 Å². The van der Waals surface area contributed by atoms with Gasteiger partial charge in [-0.05, 0) is 36.1 Å². The standard InChI is InChI=1S/C9H11NO2S.C8H9NO2S.2C2H6/c1-10-9-5-3-2-4-8(9)6-7-13(10,11)12;10-12(11)6-5-7-3-1-2-4-8(7)9-12;2*1-2/h2-5H,6-7H2,1H3;1-4,9H,5-6H2;2*1-2H3. The van der Waals surface area contributed by atoms with E-state index in [4.69, 9.17) is 0 Å². The van der Waals surface area contributed by atoms with Crippen molar-refractivity contribution in [1.29, 1.82) is 0 Å². The molecule has 2 aliphatic rings. The summed E-state index contributed by atoms with van der Waals surface area (Å²) in [4.78, 5) is 0. The summed E-state index contributed by atoms with van der Waals surface area (Å²) in [5.41, 5.74) is 3.73. The Balaban J connectivity index is 0.000000248. The molecule has 1 N–H and O–H groups in total. The van der Waals surface area contributed by atoms with Gasteiger partial charge < -0.3 is 0 Å². The molecule has 0 radical (unpaired) electrons. The molecule has 0 amide bonds. The summed E-state index contributed by atoms with van der Waals surface area (Å²) in [5.74, 6) is 0.421. The number of hydrogen-bond donors (Lipinski definition) is 1. The molecule has 2 aliphatic heterocycles. The third-order valence-corrected chi connectivity index (χ3v) is 7.32. The van der Waals surface area contributed by atoms with E-state index in [9.17, 15) is 16.8 Å². The van der Waals surface area contributed by atoms with Gasteiger partial charge >= 0.3 is 0 Å². The van der Waals surface area contributed by atoms with Gasteiger partial charge in [0.05, 0.1) is 22.9 Å². The van der Waals surface area contributed by atoms with E-state index in [1.54, 1.807) is 13.1 Å². The van der Waals surface area contributed by atoms with Crippen LogP contribution in [-0.4, -0.2) is 35.4 Å². The van der Waals surface area contributed by atoms with Crippen LogP contribution in [0, 0.1) is 0 Å². The second-order valence-corrected chi connectivity index (χ2v) is 9.95.